The lowest BCUT2D eigenvalue weighted by molar-refractivity contribution is -0.156. The Bertz CT molecular complexity index is 718. The van der Waals surface area contributed by atoms with Gasteiger partial charge in [0, 0.05) is 6.20 Å². The molecule has 0 saturated heterocycles. The van der Waals surface area contributed by atoms with Crippen LogP contribution < -0.4 is 0 Å². The van der Waals surface area contributed by atoms with Crippen molar-refractivity contribution in [1.82, 2.24) is 14.5 Å². The van der Waals surface area contributed by atoms with E-state index in [1.807, 2.05) is 0 Å². The van der Waals surface area contributed by atoms with Gasteiger partial charge in [-0.1, -0.05) is 0 Å². The molecule has 0 atom stereocenters. The molecule has 0 fully saturated rings. The number of nitrogens with zero attached hydrogens (tertiary/aromatic N) is 3. The fourth-order valence-corrected chi connectivity index (χ4v) is 1.91. The van der Waals surface area contributed by atoms with Gasteiger partial charge in [-0.25, -0.2) is 14.8 Å². The first-order valence-corrected chi connectivity index (χ1v) is 6.91. The molecule has 0 bridgehead atoms. The van der Waals surface area contributed by atoms with E-state index in [0.29, 0.717) is 10.3 Å². The van der Waals surface area contributed by atoms with Crippen LogP contribution in [-0.4, -0.2) is 31.6 Å². The van der Waals surface area contributed by atoms with Crippen molar-refractivity contribution >= 4 is 39.0 Å². The fourth-order valence-electron chi connectivity index (χ4n) is 1.63. The van der Waals surface area contributed by atoms with Crippen LogP contribution in [0.15, 0.2) is 17.0 Å². The Balaban J connectivity index is 2.37. The number of carbonyl (C=O) groups is 2. The van der Waals surface area contributed by atoms with Gasteiger partial charge in [-0.15, -0.1) is 0 Å². The highest BCUT2D eigenvalue weighted by molar-refractivity contribution is 9.10. The summed E-state index contributed by atoms with van der Waals surface area (Å²) in [7, 11) is 0. The van der Waals surface area contributed by atoms with Crippen molar-refractivity contribution in [2.45, 2.75) is 27.5 Å². The summed E-state index contributed by atoms with van der Waals surface area (Å²) in [6.45, 7) is 5.10. The first-order valence-electron chi connectivity index (χ1n) is 6.12. The van der Waals surface area contributed by atoms with Gasteiger partial charge >= 0.3 is 11.9 Å². The zero-order chi connectivity index (χ0) is 15.8. The van der Waals surface area contributed by atoms with E-state index in [0.717, 1.165) is 0 Å². The fraction of sp³-hybridized carbons (Fsp3) is 0.385. The molecule has 7 nitrogen and oxygen atoms in total. The quantitative estimate of drug-likeness (QED) is 0.849. The smallest absolute Gasteiger partial charge is 0.339 e. The molecule has 2 heterocycles. The van der Waals surface area contributed by atoms with Gasteiger partial charge in [-0.2, -0.15) is 0 Å². The van der Waals surface area contributed by atoms with Gasteiger partial charge in [0.05, 0.1) is 11.6 Å². The van der Waals surface area contributed by atoms with Crippen LogP contribution in [0.1, 0.15) is 31.1 Å². The highest BCUT2D eigenvalue weighted by Crippen LogP contribution is 2.21. The molecule has 1 N–H and O–H groups in total. The first kappa shape index (κ1) is 15.4. The summed E-state index contributed by atoms with van der Waals surface area (Å²) in [6.07, 6.45) is 2.81. The number of carbonyl (C=O) groups excluding carboxylic acids is 1. The zero-order valence-electron chi connectivity index (χ0n) is 11.8. The van der Waals surface area contributed by atoms with Gasteiger partial charge in [-0.05, 0) is 36.7 Å². The minimum absolute atomic E-state index is 0.00519. The van der Waals surface area contributed by atoms with E-state index >= 15 is 0 Å². The SMILES string of the molecule is CC(C)(C)C(=O)OCn1cc(C(=O)O)c2nc(Br)cnc21. The topological polar surface area (TPSA) is 94.3 Å². The molecule has 112 valence electrons. The number of carboxylic acids is 1. The molecule has 0 amide bonds. The minimum atomic E-state index is -1.12. The Morgan fingerprint density at radius 3 is 2.67 bits per heavy atom. The summed E-state index contributed by atoms with van der Waals surface area (Å²) in [6, 6.07) is 0. The number of ether oxygens (including phenoxy) is 1. The van der Waals surface area contributed by atoms with Crippen molar-refractivity contribution < 1.29 is 19.4 Å². The summed E-state index contributed by atoms with van der Waals surface area (Å²) in [5.41, 5.74) is -0.0422. The maximum absolute atomic E-state index is 11.8. The minimum Gasteiger partial charge on any atom is -0.478 e. The van der Waals surface area contributed by atoms with Crippen LogP contribution in [0.3, 0.4) is 0 Å². The molecule has 21 heavy (non-hydrogen) atoms. The van der Waals surface area contributed by atoms with E-state index in [4.69, 9.17) is 4.74 Å². The largest absolute Gasteiger partial charge is 0.478 e. The average Bonchev–Trinajstić information content (AvgIpc) is 2.72. The van der Waals surface area contributed by atoms with Crippen LogP contribution in [0, 0.1) is 5.41 Å². The molecule has 0 aromatic carbocycles. The lowest BCUT2D eigenvalue weighted by Gasteiger charge is -2.16. The van der Waals surface area contributed by atoms with E-state index < -0.39 is 11.4 Å². The van der Waals surface area contributed by atoms with E-state index in [1.54, 1.807) is 20.8 Å². The second-order valence-corrected chi connectivity index (χ2v) is 6.31. The summed E-state index contributed by atoms with van der Waals surface area (Å²) < 4.78 is 7.05. The second-order valence-electron chi connectivity index (χ2n) is 5.49. The van der Waals surface area contributed by atoms with Gasteiger partial charge in [0.15, 0.2) is 12.4 Å². The van der Waals surface area contributed by atoms with Gasteiger partial charge in [0.1, 0.15) is 15.7 Å². The molecule has 2 aromatic heterocycles. The van der Waals surface area contributed by atoms with Crippen molar-refractivity contribution in [3.05, 3.63) is 22.6 Å². The Kier molecular flexibility index (Phi) is 3.99. The van der Waals surface area contributed by atoms with Crippen LogP contribution >= 0.6 is 15.9 Å². The van der Waals surface area contributed by atoms with Crippen molar-refractivity contribution in [2.75, 3.05) is 0 Å². The molecule has 0 unspecified atom stereocenters. The van der Waals surface area contributed by atoms with Gasteiger partial charge < -0.3 is 9.84 Å². The summed E-state index contributed by atoms with van der Waals surface area (Å²) in [5, 5.41) is 9.19. The number of hydrogen-bond acceptors (Lipinski definition) is 5. The highest BCUT2D eigenvalue weighted by atomic mass is 79.9. The molecule has 0 radical (unpaired) electrons. The van der Waals surface area contributed by atoms with E-state index in [2.05, 4.69) is 25.9 Å². The molecule has 0 aliphatic rings. The molecule has 8 heteroatoms. The monoisotopic (exact) mass is 355 g/mol. The van der Waals surface area contributed by atoms with Crippen LogP contribution in [-0.2, 0) is 16.3 Å². The first-order chi connectivity index (χ1) is 9.70. The van der Waals surface area contributed by atoms with Gasteiger partial charge in [0.2, 0.25) is 0 Å². The standard InChI is InChI=1S/C13H14BrN3O4/c1-13(2,3)12(20)21-6-17-5-7(11(18)19)9-10(17)15-4-8(14)16-9/h4-5H,6H2,1-3H3,(H,18,19). The zero-order valence-corrected chi connectivity index (χ0v) is 13.3. The van der Waals surface area contributed by atoms with Crippen molar-refractivity contribution in [3.8, 4) is 0 Å². The summed E-state index contributed by atoms with van der Waals surface area (Å²) in [5.74, 6) is -1.50. The molecule has 0 saturated carbocycles. The van der Waals surface area contributed by atoms with Crippen LogP contribution in [0.25, 0.3) is 11.2 Å². The van der Waals surface area contributed by atoms with Gasteiger partial charge in [0.25, 0.3) is 0 Å². The molecule has 2 aromatic rings. The maximum atomic E-state index is 11.8. The third-order valence-electron chi connectivity index (χ3n) is 2.71. The number of hydrogen-bond donors (Lipinski definition) is 1. The lowest BCUT2D eigenvalue weighted by Crippen LogP contribution is -2.24. The molecule has 2 rings (SSSR count). The van der Waals surface area contributed by atoms with Crippen LogP contribution in [0.4, 0.5) is 0 Å². The van der Waals surface area contributed by atoms with Crippen molar-refractivity contribution in [2.24, 2.45) is 5.41 Å². The molecule has 0 spiro atoms. The van der Waals surface area contributed by atoms with Crippen molar-refractivity contribution in [3.63, 3.8) is 0 Å². The predicted octanol–water partition coefficient (Wildman–Crippen LogP) is 2.44. The number of aromatic carboxylic acids is 1. The molecular weight excluding hydrogens is 342 g/mol. The van der Waals surface area contributed by atoms with E-state index in [1.165, 1.54) is 17.0 Å². The maximum Gasteiger partial charge on any atom is 0.339 e. The highest BCUT2D eigenvalue weighted by Gasteiger charge is 2.24. The van der Waals surface area contributed by atoms with Gasteiger partial charge in [-0.3, -0.25) is 9.36 Å². The number of fused-ring (bicyclic) bond motifs is 1. The third kappa shape index (κ3) is 3.21. The number of rotatable bonds is 3. The summed E-state index contributed by atoms with van der Waals surface area (Å²) in [4.78, 5) is 31.2. The molecule has 0 aliphatic heterocycles. The third-order valence-corrected chi connectivity index (χ3v) is 3.10. The van der Waals surface area contributed by atoms with E-state index in [-0.39, 0.29) is 23.8 Å². The Morgan fingerprint density at radius 1 is 1.43 bits per heavy atom. The summed E-state index contributed by atoms with van der Waals surface area (Å²) >= 11 is 3.15. The Labute approximate surface area is 129 Å². The molecule has 0 aliphatic carbocycles. The second kappa shape index (κ2) is 5.44. The Morgan fingerprint density at radius 2 is 2.10 bits per heavy atom. The molecular formula is C13H14BrN3O4. The van der Waals surface area contributed by atoms with E-state index in [9.17, 15) is 14.7 Å². The number of halogens is 1. The predicted molar refractivity (Wildman–Crippen MR) is 77.7 cm³/mol. The normalized spacial score (nSPS) is 11.6. The Hall–Kier alpha value is -1.96. The van der Waals surface area contributed by atoms with Crippen molar-refractivity contribution in [1.29, 1.82) is 0 Å². The lowest BCUT2D eigenvalue weighted by atomic mass is 9.98. The van der Waals surface area contributed by atoms with Crippen LogP contribution in [0.5, 0.6) is 0 Å². The van der Waals surface area contributed by atoms with Crippen LogP contribution in [0.2, 0.25) is 0 Å². The number of carboxylic acid groups (broad SMARTS) is 1. The average molecular weight is 356 g/mol. The number of aromatic nitrogens is 3. The number of esters is 1.